The van der Waals surface area contributed by atoms with Gasteiger partial charge in [-0.3, -0.25) is 4.57 Å². The Morgan fingerprint density at radius 2 is 1.00 bits per heavy atom. The summed E-state index contributed by atoms with van der Waals surface area (Å²) in [5, 5.41) is 0. The normalized spacial score (nSPS) is 10.4. The fraction of sp³-hybridized carbons (Fsp3) is 0.667. The average Bonchev–Trinajstić information content (AvgIpc) is 1.63. The third-order valence-electron chi connectivity index (χ3n) is 1.000. The Kier molecular flexibility index (Phi) is 65.8. The van der Waals surface area contributed by atoms with Crippen LogP contribution in [0.3, 0.4) is 0 Å². The minimum atomic E-state index is -3.13. The SMILES string of the molecule is C1CCC1.C=C.N.N.O=[PH](O)O.[NaH]. The molecule has 80 valence electrons. The molecule has 0 aromatic carbocycles. The van der Waals surface area contributed by atoms with Gasteiger partial charge in [0.2, 0.25) is 0 Å². The first-order chi connectivity index (χ1) is 4.73. The summed E-state index contributed by atoms with van der Waals surface area (Å²) in [6.07, 6.45) is 6.00. The molecule has 1 fully saturated rings. The molecule has 1 aliphatic rings. The van der Waals surface area contributed by atoms with Crippen molar-refractivity contribution < 1.29 is 14.4 Å². The molecule has 0 saturated heterocycles. The summed E-state index contributed by atoms with van der Waals surface area (Å²) in [6.45, 7) is 6.00. The van der Waals surface area contributed by atoms with E-state index in [1.165, 1.54) is 25.7 Å². The van der Waals surface area contributed by atoms with Gasteiger partial charge in [0.1, 0.15) is 0 Å². The molecule has 0 heterocycles. The average molecular weight is 224 g/mol. The first kappa shape index (κ1) is 29.2. The van der Waals surface area contributed by atoms with E-state index in [4.69, 9.17) is 14.4 Å². The predicted octanol–water partition coefficient (Wildman–Crippen LogP) is 1.40. The van der Waals surface area contributed by atoms with E-state index in [2.05, 4.69) is 13.2 Å². The third-order valence-corrected chi connectivity index (χ3v) is 1.000. The molecule has 0 aliphatic heterocycles. The van der Waals surface area contributed by atoms with Gasteiger partial charge in [-0.25, -0.2) is 0 Å². The second-order valence-corrected chi connectivity index (χ2v) is 2.26. The molecule has 0 bridgehead atoms. The van der Waals surface area contributed by atoms with Crippen molar-refractivity contribution in [2.75, 3.05) is 0 Å². The van der Waals surface area contributed by atoms with Gasteiger partial charge in [0.05, 0.1) is 0 Å². The molecule has 0 aromatic rings. The second kappa shape index (κ2) is 29.3. The van der Waals surface area contributed by atoms with Gasteiger partial charge in [0.15, 0.2) is 0 Å². The molecule has 8 N–H and O–H groups in total. The van der Waals surface area contributed by atoms with Gasteiger partial charge in [-0.05, 0) is 0 Å². The van der Waals surface area contributed by atoms with Crippen molar-refractivity contribution in [3.05, 3.63) is 13.2 Å². The first-order valence-electron chi connectivity index (χ1n) is 3.15. The van der Waals surface area contributed by atoms with Gasteiger partial charge >= 0.3 is 37.8 Å². The van der Waals surface area contributed by atoms with E-state index in [1.807, 2.05) is 0 Å². The molecule has 13 heavy (non-hydrogen) atoms. The fourth-order valence-electron chi connectivity index (χ4n) is 0.250. The monoisotopic (exact) mass is 224 g/mol. The predicted molar refractivity (Wildman–Crippen MR) is 60.4 cm³/mol. The van der Waals surface area contributed by atoms with Crippen LogP contribution in [0.1, 0.15) is 25.7 Å². The van der Waals surface area contributed by atoms with Crippen LogP contribution < -0.4 is 12.3 Å². The van der Waals surface area contributed by atoms with Crippen LogP contribution in [0.15, 0.2) is 13.2 Å². The van der Waals surface area contributed by atoms with Crippen molar-refractivity contribution >= 4 is 37.8 Å². The van der Waals surface area contributed by atoms with Crippen molar-refractivity contribution in [2.45, 2.75) is 25.7 Å². The molecule has 0 atom stereocenters. The summed E-state index contributed by atoms with van der Waals surface area (Å²) in [5.41, 5.74) is 0. The van der Waals surface area contributed by atoms with E-state index >= 15 is 0 Å². The van der Waals surface area contributed by atoms with Crippen molar-refractivity contribution in [1.82, 2.24) is 12.3 Å². The third kappa shape index (κ3) is 64.7. The van der Waals surface area contributed by atoms with Crippen molar-refractivity contribution in [1.29, 1.82) is 0 Å². The maximum absolute atomic E-state index is 8.74. The van der Waals surface area contributed by atoms with Crippen LogP contribution in [0.4, 0.5) is 0 Å². The van der Waals surface area contributed by atoms with Gasteiger partial charge in [-0.1, -0.05) is 25.7 Å². The number of rotatable bonds is 0. The van der Waals surface area contributed by atoms with Crippen molar-refractivity contribution in [3.8, 4) is 0 Å². The summed E-state index contributed by atoms with van der Waals surface area (Å²) >= 11 is 0. The Morgan fingerprint density at radius 3 is 1.00 bits per heavy atom. The first-order valence-corrected chi connectivity index (χ1v) is 4.45. The van der Waals surface area contributed by atoms with Crippen LogP contribution in [0.5, 0.6) is 0 Å². The van der Waals surface area contributed by atoms with E-state index in [0.29, 0.717) is 0 Å². The van der Waals surface area contributed by atoms with E-state index in [9.17, 15) is 0 Å². The van der Waals surface area contributed by atoms with E-state index in [0.717, 1.165) is 0 Å². The molecule has 5 nitrogen and oxygen atoms in total. The van der Waals surface area contributed by atoms with E-state index in [-0.39, 0.29) is 41.9 Å². The maximum atomic E-state index is 8.74. The van der Waals surface area contributed by atoms with E-state index < -0.39 is 8.25 Å². The van der Waals surface area contributed by atoms with Crippen LogP contribution in [-0.4, -0.2) is 39.3 Å². The molecule has 0 aromatic heterocycles. The number of hydrogen-bond donors (Lipinski definition) is 4. The molecular weight excluding hydrogens is 202 g/mol. The quantitative estimate of drug-likeness (QED) is 0.281. The number of hydrogen-bond acceptors (Lipinski definition) is 3. The second-order valence-electron chi connectivity index (χ2n) is 1.70. The summed E-state index contributed by atoms with van der Waals surface area (Å²) in [6, 6.07) is 0. The Morgan fingerprint density at radius 1 is 0.923 bits per heavy atom. The van der Waals surface area contributed by atoms with Gasteiger partial charge in [-0.2, -0.15) is 0 Å². The standard InChI is InChI=1S/C4H8.C2H4.2H3N.Na.H3O3P.H/c1-2-4-3-1;1-2;;;;1-4(2)3;/h1-4H2;1-2H2;2*1H3;;4H,(H2,1,2,3);. The molecular formula is C6H22N2NaO3P. The molecule has 0 unspecified atom stereocenters. The fourth-order valence-corrected chi connectivity index (χ4v) is 0.250. The summed E-state index contributed by atoms with van der Waals surface area (Å²) in [4.78, 5) is 14.3. The van der Waals surface area contributed by atoms with Crippen LogP contribution in [0.25, 0.3) is 0 Å². The van der Waals surface area contributed by atoms with Gasteiger partial charge in [-0.15, -0.1) is 13.2 Å². The Bertz CT molecular complexity index is 85.9. The molecule has 1 saturated carbocycles. The Labute approximate surface area is 103 Å². The van der Waals surface area contributed by atoms with Crippen molar-refractivity contribution in [2.24, 2.45) is 0 Å². The molecule has 0 amide bonds. The Hall–Kier alpha value is 0.810. The summed E-state index contributed by atoms with van der Waals surface area (Å²) in [7, 11) is -3.13. The van der Waals surface area contributed by atoms with Gasteiger partial charge in [0.25, 0.3) is 0 Å². The van der Waals surface area contributed by atoms with Crippen LogP contribution in [0, 0.1) is 0 Å². The van der Waals surface area contributed by atoms with Crippen LogP contribution in [0.2, 0.25) is 0 Å². The Balaban J connectivity index is -0.0000000232. The molecule has 7 heteroatoms. The van der Waals surface area contributed by atoms with Gasteiger partial charge in [0, 0.05) is 0 Å². The zero-order valence-electron chi connectivity index (χ0n) is 7.46. The zero-order chi connectivity index (χ0) is 8.41. The minimum absolute atomic E-state index is 0. The van der Waals surface area contributed by atoms with Crippen LogP contribution in [-0.2, 0) is 4.57 Å². The molecule has 0 radical (unpaired) electrons. The summed E-state index contributed by atoms with van der Waals surface area (Å²) in [5.74, 6) is 0. The zero-order valence-corrected chi connectivity index (χ0v) is 8.46. The van der Waals surface area contributed by atoms with Crippen molar-refractivity contribution in [3.63, 3.8) is 0 Å². The topological polar surface area (TPSA) is 128 Å². The molecule has 1 aliphatic carbocycles. The molecule has 1 rings (SSSR count). The molecule has 0 spiro atoms. The summed E-state index contributed by atoms with van der Waals surface area (Å²) < 4.78 is 8.74. The van der Waals surface area contributed by atoms with Gasteiger partial charge < -0.3 is 22.1 Å². The van der Waals surface area contributed by atoms with Crippen LogP contribution >= 0.6 is 8.25 Å². The van der Waals surface area contributed by atoms with E-state index in [1.54, 1.807) is 0 Å².